The summed E-state index contributed by atoms with van der Waals surface area (Å²) >= 11 is 0. The van der Waals surface area contributed by atoms with Crippen LogP contribution in [0.1, 0.15) is 59.5 Å². The predicted molar refractivity (Wildman–Crippen MR) is 138 cm³/mol. The quantitative estimate of drug-likeness (QED) is 0.243. The van der Waals surface area contributed by atoms with Crippen LogP contribution in [0.3, 0.4) is 0 Å². The zero-order chi connectivity index (χ0) is 28.0. The fraction of sp³-hybridized carbons (Fsp3) is 0.355. The highest BCUT2D eigenvalue weighted by Gasteiger charge is 2.44. The number of fused-ring (bicyclic) bond motifs is 5. The maximum absolute atomic E-state index is 14.5. The number of carbonyl (C=O) groups is 2. The Bertz CT molecular complexity index is 1400. The molecule has 2 atom stereocenters. The van der Waals surface area contributed by atoms with Crippen molar-refractivity contribution in [2.45, 2.75) is 56.5 Å². The molecule has 3 aliphatic rings. The lowest BCUT2D eigenvalue weighted by Gasteiger charge is -2.47. The monoisotopic (exact) mass is 553 g/mol. The lowest BCUT2D eigenvalue weighted by molar-refractivity contribution is -0.274. The molecule has 0 saturated carbocycles. The number of ether oxygens (including phenoxy) is 2. The van der Waals surface area contributed by atoms with Gasteiger partial charge in [-0.2, -0.15) is 0 Å². The third-order valence-corrected chi connectivity index (χ3v) is 8.33. The number of benzene rings is 3. The molecule has 3 aromatic rings. The molecule has 2 heterocycles. The molecule has 0 N–H and O–H groups in total. The zero-order valence-electron chi connectivity index (χ0n) is 21.5. The van der Waals surface area contributed by atoms with Crippen molar-refractivity contribution < 1.29 is 36.6 Å². The highest BCUT2D eigenvalue weighted by molar-refractivity contribution is 5.98. The van der Waals surface area contributed by atoms with Crippen molar-refractivity contribution in [3.8, 4) is 16.9 Å². The van der Waals surface area contributed by atoms with Crippen LogP contribution >= 0.6 is 0 Å². The molecule has 6 rings (SSSR count). The summed E-state index contributed by atoms with van der Waals surface area (Å²) in [6.45, 7) is 0.183. The summed E-state index contributed by atoms with van der Waals surface area (Å²) in [5.74, 6) is -2.82. The summed E-state index contributed by atoms with van der Waals surface area (Å²) in [5, 5.41) is 0. The minimum absolute atomic E-state index is 0.0792. The smallest absolute Gasteiger partial charge is 0.448 e. The summed E-state index contributed by atoms with van der Waals surface area (Å²) in [6.07, 6.45) is -2.58. The van der Waals surface area contributed by atoms with Gasteiger partial charge >= 0.3 is 12.5 Å². The molecule has 1 aliphatic carbocycles. The van der Waals surface area contributed by atoms with Gasteiger partial charge in [0.25, 0.3) is 0 Å². The summed E-state index contributed by atoms with van der Waals surface area (Å²) in [7, 11) is 0. The van der Waals surface area contributed by atoms with E-state index in [0.717, 1.165) is 46.9 Å². The molecule has 3 aromatic carbocycles. The van der Waals surface area contributed by atoms with E-state index in [1.165, 1.54) is 0 Å². The number of halogens is 4. The number of piperidine rings is 2. The minimum atomic E-state index is -4.95. The topological polar surface area (TPSA) is 55.8 Å². The maximum atomic E-state index is 14.5. The Morgan fingerprint density at radius 1 is 0.875 bits per heavy atom. The normalized spacial score (nSPS) is 21.9. The third-order valence-electron chi connectivity index (χ3n) is 8.33. The van der Waals surface area contributed by atoms with Crippen molar-refractivity contribution in [1.29, 1.82) is 0 Å². The fourth-order valence-corrected chi connectivity index (χ4v) is 6.67. The van der Waals surface area contributed by atoms with Crippen LogP contribution in [0.5, 0.6) is 5.75 Å². The number of nitrogens with zero attached hydrogens (tertiary/aromatic N) is 1. The molecular formula is C31H27F4NO4. The molecule has 1 amide bonds. The Hall–Kier alpha value is -3.88. The standard InChI is InChI=1S/C31H27F4NO4/c32-28-13-12-21(40-31(33,34)35)16-26(28)29(37)18-14-19-6-5-7-20(15-18)36(19)30(38)39-17-27-24-10-3-1-8-22(24)23-9-2-4-11-25(23)27/h1-4,8-13,16,18-20,27H,5-7,14-15,17H2. The van der Waals surface area contributed by atoms with E-state index >= 15 is 0 Å². The van der Waals surface area contributed by atoms with E-state index in [1.54, 1.807) is 4.90 Å². The van der Waals surface area contributed by atoms with Gasteiger partial charge in [-0.3, -0.25) is 4.79 Å². The van der Waals surface area contributed by atoms with Crippen molar-refractivity contribution in [3.05, 3.63) is 89.2 Å². The maximum Gasteiger partial charge on any atom is 0.573 e. The second-order valence-electron chi connectivity index (χ2n) is 10.7. The summed E-state index contributed by atoms with van der Waals surface area (Å²) < 4.78 is 62.3. The Labute approximate surface area is 228 Å². The van der Waals surface area contributed by atoms with Crippen molar-refractivity contribution in [2.75, 3.05) is 6.61 Å². The van der Waals surface area contributed by atoms with E-state index in [0.29, 0.717) is 25.7 Å². The number of ketones is 1. The lowest BCUT2D eigenvalue weighted by Crippen LogP contribution is -2.56. The fourth-order valence-electron chi connectivity index (χ4n) is 6.67. The van der Waals surface area contributed by atoms with E-state index in [1.807, 2.05) is 36.4 Å². The van der Waals surface area contributed by atoms with Gasteiger partial charge in [-0.05, 0) is 72.6 Å². The van der Waals surface area contributed by atoms with Crippen LogP contribution in [0, 0.1) is 11.7 Å². The van der Waals surface area contributed by atoms with Crippen LogP contribution in [-0.2, 0) is 4.74 Å². The van der Waals surface area contributed by atoms with Gasteiger partial charge in [0.2, 0.25) is 0 Å². The van der Waals surface area contributed by atoms with Gasteiger partial charge < -0.3 is 14.4 Å². The van der Waals surface area contributed by atoms with Crippen molar-refractivity contribution in [1.82, 2.24) is 4.90 Å². The number of carbonyl (C=O) groups excluding carboxylic acids is 2. The van der Waals surface area contributed by atoms with Crippen molar-refractivity contribution >= 4 is 11.9 Å². The molecule has 0 radical (unpaired) electrons. The highest BCUT2D eigenvalue weighted by atomic mass is 19.4. The largest absolute Gasteiger partial charge is 0.573 e. The van der Waals surface area contributed by atoms with E-state index in [9.17, 15) is 27.2 Å². The molecule has 40 heavy (non-hydrogen) atoms. The number of Topliss-reactive ketones (excluding diaryl/α,β-unsaturated/α-hetero) is 1. The number of hydrogen-bond acceptors (Lipinski definition) is 4. The van der Waals surface area contributed by atoms with Gasteiger partial charge in [-0.25, -0.2) is 9.18 Å². The predicted octanol–water partition coefficient (Wildman–Crippen LogP) is 7.49. The number of amides is 1. The molecule has 0 spiro atoms. The first-order chi connectivity index (χ1) is 19.2. The van der Waals surface area contributed by atoms with Gasteiger partial charge in [-0.15, -0.1) is 13.2 Å². The summed E-state index contributed by atoms with van der Waals surface area (Å²) in [6, 6.07) is 18.1. The Morgan fingerprint density at radius 3 is 2.08 bits per heavy atom. The lowest BCUT2D eigenvalue weighted by atomic mass is 9.76. The second-order valence-corrected chi connectivity index (χ2v) is 10.7. The van der Waals surface area contributed by atoms with E-state index < -0.39 is 41.3 Å². The Kier molecular flexibility index (Phi) is 6.76. The van der Waals surface area contributed by atoms with E-state index in [2.05, 4.69) is 16.9 Å². The molecule has 0 aromatic heterocycles. The van der Waals surface area contributed by atoms with Crippen LogP contribution in [0.4, 0.5) is 22.4 Å². The van der Waals surface area contributed by atoms with Crippen LogP contribution in [0.25, 0.3) is 11.1 Å². The molecule has 2 unspecified atom stereocenters. The molecule has 5 nitrogen and oxygen atoms in total. The van der Waals surface area contributed by atoms with Gasteiger partial charge in [0, 0.05) is 23.9 Å². The summed E-state index contributed by atoms with van der Waals surface area (Å²) in [5.41, 5.74) is 4.05. The highest BCUT2D eigenvalue weighted by Crippen LogP contribution is 2.45. The average molecular weight is 554 g/mol. The molecule has 2 aliphatic heterocycles. The molecule has 2 bridgehead atoms. The number of rotatable bonds is 5. The number of hydrogen-bond donors (Lipinski definition) is 0. The first kappa shape index (κ1) is 26.3. The van der Waals surface area contributed by atoms with Gasteiger partial charge in [0.15, 0.2) is 5.78 Å². The SMILES string of the molecule is O=C(c1cc(OC(F)(F)F)ccc1F)C1CC2CCCC(C1)N2C(=O)OCC1c2ccccc2-c2ccccc21. The third kappa shape index (κ3) is 4.93. The van der Waals surface area contributed by atoms with E-state index in [-0.39, 0.29) is 24.6 Å². The molecule has 208 valence electrons. The van der Waals surface area contributed by atoms with Crippen molar-refractivity contribution in [2.24, 2.45) is 5.92 Å². The zero-order valence-corrected chi connectivity index (χ0v) is 21.5. The molecular weight excluding hydrogens is 526 g/mol. The van der Waals surface area contributed by atoms with Crippen LogP contribution in [-0.4, -0.2) is 41.8 Å². The van der Waals surface area contributed by atoms with Gasteiger partial charge in [0.05, 0.1) is 5.56 Å². The van der Waals surface area contributed by atoms with Crippen LogP contribution < -0.4 is 4.74 Å². The Morgan fingerprint density at radius 2 is 1.48 bits per heavy atom. The van der Waals surface area contributed by atoms with Gasteiger partial charge in [0.1, 0.15) is 18.2 Å². The Balaban J connectivity index is 1.16. The average Bonchev–Trinajstić information content (AvgIpc) is 3.24. The van der Waals surface area contributed by atoms with Gasteiger partial charge in [-0.1, -0.05) is 48.5 Å². The summed E-state index contributed by atoms with van der Waals surface area (Å²) in [4.78, 5) is 28.4. The molecule has 9 heteroatoms. The molecule has 2 fully saturated rings. The van der Waals surface area contributed by atoms with Crippen LogP contribution in [0.2, 0.25) is 0 Å². The van der Waals surface area contributed by atoms with Crippen molar-refractivity contribution in [3.63, 3.8) is 0 Å². The second kappa shape index (κ2) is 10.3. The first-order valence-electron chi connectivity index (χ1n) is 13.4. The number of alkyl halides is 3. The first-order valence-corrected chi connectivity index (χ1v) is 13.4. The minimum Gasteiger partial charge on any atom is -0.448 e. The van der Waals surface area contributed by atoms with E-state index in [4.69, 9.17) is 4.74 Å². The van der Waals surface area contributed by atoms with Crippen LogP contribution in [0.15, 0.2) is 66.7 Å². The molecule has 2 saturated heterocycles.